The molecule has 19 heavy (non-hydrogen) atoms. The highest BCUT2D eigenvalue weighted by atomic mass is 32.1. The number of hydrogen-bond acceptors (Lipinski definition) is 3. The minimum absolute atomic E-state index is 0.0281. The third-order valence-corrected chi connectivity index (χ3v) is 2.59. The molecule has 0 aliphatic rings. The number of nitrogens with two attached hydrogens (primary N) is 1. The number of nitrogens with one attached hydrogen (secondary N) is 2. The lowest BCUT2D eigenvalue weighted by atomic mass is 10.2. The Bertz CT molecular complexity index is 477. The zero-order valence-electron chi connectivity index (χ0n) is 11.0. The molecule has 0 bridgehead atoms. The average Bonchev–Trinajstić information content (AvgIpc) is 2.27. The van der Waals surface area contributed by atoms with Gasteiger partial charge in [-0.2, -0.15) is 0 Å². The molecule has 0 aliphatic heterocycles. The van der Waals surface area contributed by atoms with Crippen LogP contribution in [-0.2, 0) is 4.79 Å². The Hall–Kier alpha value is -1.69. The normalized spacial score (nSPS) is 10.3. The van der Waals surface area contributed by atoms with Crippen molar-refractivity contribution in [2.45, 2.75) is 26.3 Å². The number of carbonyl (C=O) groups excluding carboxylic acids is 1. The molecule has 0 fully saturated rings. The minimum Gasteiger partial charge on any atom is -0.389 e. The van der Waals surface area contributed by atoms with Crippen molar-refractivity contribution < 1.29 is 9.18 Å². The van der Waals surface area contributed by atoms with Crippen LogP contribution in [-0.4, -0.2) is 23.5 Å². The van der Waals surface area contributed by atoms with Crippen LogP contribution in [0, 0.1) is 5.82 Å². The summed E-state index contributed by atoms with van der Waals surface area (Å²) >= 11 is 4.72. The summed E-state index contributed by atoms with van der Waals surface area (Å²) in [6.07, 6.45) is 0.330. The van der Waals surface area contributed by atoms with Gasteiger partial charge in [-0.05, 0) is 32.0 Å². The van der Waals surface area contributed by atoms with Gasteiger partial charge in [0.2, 0.25) is 5.91 Å². The Balaban J connectivity index is 2.48. The van der Waals surface area contributed by atoms with Gasteiger partial charge in [-0.25, -0.2) is 4.39 Å². The Morgan fingerprint density at radius 1 is 1.47 bits per heavy atom. The highest BCUT2D eigenvalue weighted by Crippen LogP contribution is 2.14. The molecule has 0 atom stereocenters. The summed E-state index contributed by atoms with van der Waals surface area (Å²) < 4.78 is 13.6. The fraction of sp³-hybridized carbons (Fsp3) is 0.385. The van der Waals surface area contributed by atoms with E-state index in [0.29, 0.717) is 18.7 Å². The van der Waals surface area contributed by atoms with E-state index in [1.807, 2.05) is 13.8 Å². The number of anilines is 1. The lowest BCUT2D eigenvalue weighted by Crippen LogP contribution is -2.31. The molecule has 0 radical (unpaired) electrons. The SMILES string of the molecule is CC(C)NC(=O)CCNc1ccc(C(N)=S)c(F)c1. The van der Waals surface area contributed by atoms with Gasteiger partial charge in [0.25, 0.3) is 0 Å². The zero-order chi connectivity index (χ0) is 14.4. The molecule has 0 saturated heterocycles. The van der Waals surface area contributed by atoms with Crippen LogP contribution < -0.4 is 16.4 Å². The number of carbonyl (C=O) groups is 1. The highest BCUT2D eigenvalue weighted by Gasteiger charge is 2.06. The van der Waals surface area contributed by atoms with Crippen LogP contribution in [0.15, 0.2) is 18.2 Å². The predicted molar refractivity (Wildman–Crippen MR) is 78.7 cm³/mol. The van der Waals surface area contributed by atoms with Gasteiger partial charge in [0, 0.05) is 30.3 Å². The summed E-state index contributed by atoms with van der Waals surface area (Å²) in [6, 6.07) is 4.64. The van der Waals surface area contributed by atoms with Crippen molar-refractivity contribution in [2.75, 3.05) is 11.9 Å². The van der Waals surface area contributed by atoms with Gasteiger partial charge in [-0.1, -0.05) is 12.2 Å². The summed E-state index contributed by atoms with van der Waals surface area (Å²) in [4.78, 5) is 11.4. The van der Waals surface area contributed by atoms with E-state index in [9.17, 15) is 9.18 Å². The van der Waals surface area contributed by atoms with E-state index >= 15 is 0 Å². The quantitative estimate of drug-likeness (QED) is 0.696. The standard InChI is InChI=1S/C13H18FN3OS/c1-8(2)17-12(18)5-6-16-9-3-4-10(13(15)19)11(14)7-9/h3-4,7-8,16H,5-6H2,1-2H3,(H2,15,19)(H,17,18). The number of hydrogen-bond donors (Lipinski definition) is 3. The smallest absolute Gasteiger partial charge is 0.221 e. The van der Waals surface area contributed by atoms with E-state index in [0.717, 1.165) is 0 Å². The van der Waals surface area contributed by atoms with Gasteiger partial charge in [0.05, 0.1) is 0 Å². The molecule has 0 heterocycles. The fourth-order valence-corrected chi connectivity index (χ4v) is 1.70. The first-order valence-corrected chi connectivity index (χ1v) is 6.43. The first-order valence-electron chi connectivity index (χ1n) is 6.02. The second-order valence-electron chi connectivity index (χ2n) is 4.46. The zero-order valence-corrected chi connectivity index (χ0v) is 11.8. The molecule has 0 aliphatic carbocycles. The van der Waals surface area contributed by atoms with Crippen molar-refractivity contribution in [1.29, 1.82) is 0 Å². The van der Waals surface area contributed by atoms with E-state index in [1.165, 1.54) is 12.1 Å². The van der Waals surface area contributed by atoms with Crippen molar-refractivity contribution in [3.8, 4) is 0 Å². The van der Waals surface area contributed by atoms with Crippen LogP contribution in [0.2, 0.25) is 0 Å². The van der Waals surface area contributed by atoms with E-state index < -0.39 is 5.82 Å². The van der Waals surface area contributed by atoms with Crippen molar-refractivity contribution in [3.63, 3.8) is 0 Å². The topological polar surface area (TPSA) is 67.2 Å². The molecule has 0 unspecified atom stereocenters. The van der Waals surface area contributed by atoms with Crippen molar-refractivity contribution >= 4 is 28.8 Å². The van der Waals surface area contributed by atoms with Gasteiger partial charge in [0.1, 0.15) is 10.8 Å². The average molecular weight is 283 g/mol. The number of rotatable bonds is 6. The van der Waals surface area contributed by atoms with Crippen LogP contribution in [0.3, 0.4) is 0 Å². The van der Waals surface area contributed by atoms with Gasteiger partial charge in [-0.3, -0.25) is 4.79 Å². The fourth-order valence-electron chi connectivity index (χ4n) is 1.54. The molecule has 1 aromatic rings. The third-order valence-electron chi connectivity index (χ3n) is 2.37. The summed E-state index contributed by atoms with van der Waals surface area (Å²) in [5.41, 5.74) is 6.18. The van der Waals surface area contributed by atoms with Crippen LogP contribution >= 0.6 is 12.2 Å². The summed E-state index contributed by atoms with van der Waals surface area (Å²) in [6.45, 7) is 4.23. The Morgan fingerprint density at radius 2 is 2.16 bits per heavy atom. The number of thiocarbonyl (C=S) groups is 1. The second kappa shape index (κ2) is 7.04. The lowest BCUT2D eigenvalue weighted by Gasteiger charge is -2.10. The molecule has 6 heteroatoms. The molecule has 0 aromatic heterocycles. The van der Waals surface area contributed by atoms with Crippen LogP contribution in [0.5, 0.6) is 0 Å². The summed E-state index contributed by atoms with van der Waals surface area (Å²) in [5.74, 6) is -0.508. The number of halogens is 1. The van der Waals surface area contributed by atoms with E-state index in [2.05, 4.69) is 10.6 Å². The minimum atomic E-state index is -0.468. The molecule has 4 N–H and O–H groups in total. The molecule has 1 aromatic carbocycles. The monoisotopic (exact) mass is 283 g/mol. The number of benzene rings is 1. The Morgan fingerprint density at radius 3 is 2.68 bits per heavy atom. The van der Waals surface area contributed by atoms with Crippen molar-refractivity contribution in [1.82, 2.24) is 5.32 Å². The molecular weight excluding hydrogens is 265 g/mol. The Kier molecular flexibility index (Phi) is 5.69. The molecule has 104 valence electrons. The van der Waals surface area contributed by atoms with Gasteiger partial charge in [0.15, 0.2) is 0 Å². The van der Waals surface area contributed by atoms with Crippen LogP contribution in [0.25, 0.3) is 0 Å². The summed E-state index contributed by atoms with van der Waals surface area (Å²) in [5, 5.41) is 5.75. The van der Waals surface area contributed by atoms with Gasteiger partial charge < -0.3 is 16.4 Å². The van der Waals surface area contributed by atoms with Crippen molar-refractivity contribution in [2.24, 2.45) is 5.73 Å². The lowest BCUT2D eigenvalue weighted by molar-refractivity contribution is -0.121. The molecule has 1 amide bonds. The first kappa shape index (κ1) is 15.4. The third kappa shape index (κ3) is 5.21. The van der Waals surface area contributed by atoms with E-state index in [4.69, 9.17) is 18.0 Å². The maximum Gasteiger partial charge on any atom is 0.221 e. The molecule has 1 rings (SSSR count). The Labute approximate surface area is 117 Å². The highest BCUT2D eigenvalue weighted by molar-refractivity contribution is 7.80. The van der Waals surface area contributed by atoms with Gasteiger partial charge in [-0.15, -0.1) is 0 Å². The number of amides is 1. The second-order valence-corrected chi connectivity index (χ2v) is 4.90. The molecular formula is C13H18FN3OS. The van der Waals surface area contributed by atoms with Crippen molar-refractivity contribution in [3.05, 3.63) is 29.6 Å². The maximum atomic E-state index is 13.6. The molecule has 0 spiro atoms. The van der Waals surface area contributed by atoms with Crippen LogP contribution in [0.1, 0.15) is 25.8 Å². The molecule has 4 nitrogen and oxygen atoms in total. The maximum absolute atomic E-state index is 13.6. The summed E-state index contributed by atoms with van der Waals surface area (Å²) in [7, 11) is 0. The van der Waals surface area contributed by atoms with E-state index in [-0.39, 0.29) is 22.5 Å². The van der Waals surface area contributed by atoms with E-state index in [1.54, 1.807) is 6.07 Å². The largest absolute Gasteiger partial charge is 0.389 e. The molecule has 0 saturated carbocycles. The van der Waals surface area contributed by atoms with Crippen LogP contribution in [0.4, 0.5) is 10.1 Å². The first-order chi connectivity index (χ1) is 8.90. The predicted octanol–water partition coefficient (Wildman–Crippen LogP) is 1.79. The van der Waals surface area contributed by atoms with Gasteiger partial charge >= 0.3 is 0 Å².